The van der Waals surface area contributed by atoms with Gasteiger partial charge in [-0.1, -0.05) is 41.9 Å². The highest BCUT2D eigenvalue weighted by molar-refractivity contribution is 6.30. The molecule has 0 radical (unpaired) electrons. The maximum Gasteiger partial charge on any atom is 0.281 e. The van der Waals surface area contributed by atoms with Crippen molar-refractivity contribution in [3.8, 4) is 5.75 Å². The van der Waals surface area contributed by atoms with Crippen LogP contribution in [-0.4, -0.2) is 23.2 Å². The number of hydrogen-bond donors (Lipinski definition) is 0. The van der Waals surface area contributed by atoms with Crippen molar-refractivity contribution in [3.05, 3.63) is 88.8 Å². The minimum Gasteiger partial charge on any atom is -0.483 e. The van der Waals surface area contributed by atoms with Gasteiger partial charge in [-0.25, -0.2) is 5.01 Å². The fraction of sp³-hybridized carbons (Fsp3) is 0.182. The number of ether oxygens (including phenoxy) is 1. The van der Waals surface area contributed by atoms with E-state index in [-0.39, 0.29) is 18.6 Å². The Bertz CT molecular complexity index is 997. The highest BCUT2D eigenvalue weighted by Crippen LogP contribution is 2.33. The maximum absolute atomic E-state index is 12.9. The van der Waals surface area contributed by atoms with E-state index in [1.807, 2.05) is 67.6 Å². The van der Waals surface area contributed by atoms with Crippen molar-refractivity contribution >= 4 is 23.2 Å². The molecule has 2 heterocycles. The van der Waals surface area contributed by atoms with E-state index in [1.54, 1.807) is 6.26 Å². The quantitative estimate of drug-likeness (QED) is 0.612. The second kappa shape index (κ2) is 7.90. The molecule has 0 saturated heterocycles. The van der Waals surface area contributed by atoms with Gasteiger partial charge in [0.1, 0.15) is 17.6 Å². The molecule has 0 bridgehead atoms. The largest absolute Gasteiger partial charge is 0.483 e. The minimum absolute atomic E-state index is 0.0978. The minimum atomic E-state index is -0.298. The number of carbonyl (C=O) groups is 1. The lowest BCUT2D eigenvalue weighted by molar-refractivity contribution is -0.135. The van der Waals surface area contributed by atoms with Crippen molar-refractivity contribution in [2.75, 3.05) is 6.61 Å². The highest BCUT2D eigenvalue weighted by Gasteiger charge is 2.35. The van der Waals surface area contributed by atoms with Crippen LogP contribution < -0.4 is 4.74 Å². The van der Waals surface area contributed by atoms with Crippen molar-refractivity contribution in [3.63, 3.8) is 0 Å². The molecule has 0 unspecified atom stereocenters. The maximum atomic E-state index is 12.9. The lowest BCUT2D eigenvalue weighted by Crippen LogP contribution is -2.31. The molecule has 0 N–H and O–H groups in total. The van der Waals surface area contributed by atoms with E-state index in [0.717, 1.165) is 16.8 Å². The Morgan fingerprint density at radius 2 is 1.96 bits per heavy atom. The van der Waals surface area contributed by atoms with Crippen LogP contribution in [0.25, 0.3) is 0 Å². The van der Waals surface area contributed by atoms with Crippen molar-refractivity contribution in [1.82, 2.24) is 5.01 Å². The number of furan rings is 1. The summed E-state index contributed by atoms with van der Waals surface area (Å²) in [7, 11) is 0. The van der Waals surface area contributed by atoms with E-state index >= 15 is 0 Å². The molecule has 1 atom stereocenters. The average Bonchev–Trinajstić information content (AvgIpc) is 3.37. The molecule has 5 nitrogen and oxygen atoms in total. The Kier molecular flexibility index (Phi) is 5.17. The van der Waals surface area contributed by atoms with Crippen LogP contribution in [0.1, 0.15) is 29.3 Å². The van der Waals surface area contributed by atoms with Gasteiger partial charge in [-0.05, 0) is 48.4 Å². The molecular weight excluding hydrogens is 376 g/mol. The molecule has 2 aromatic carbocycles. The van der Waals surface area contributed by atoms with E-state index in [2.05, 4.69) is 5.10 Å². The lowest BCUT2D eigenvalue weighted by Gasteiger charge is -2.20. The second-order valence-electron chi connectivity index (χ2n) is 6.58. The van der Waals surface area contributed by atoms with Gasteiger partial charge in [0, 0.05) is 11.4 Å². The standard InChI is InChI=1S/C22H19ClN2O3/c1-15-5-2-3-6-20(15)28-14-22(26)25-19(21-7-4-12-27-21)13-18(24-25)16-8-10-17(23)11-9-16/h2-12,19H,13-14H2,1H3/t19-/m0/s1. The smallest absolute Gasteiger partial charge is 0.281 e. The molecular formula is C22H19ClN2O3. The predicted molar refractivity (Wildman–Crippen MR) is 108 cm³/mol. The van der Waals surface area contributed by atoms with Gasteiger partial charge < -0.3 is 9.15 Å². The van der Waals surface area contributed by atoms with Crippen LogP contribution in [0.5, 0.6) is 5.75 Å². The third-order valence-corrected chi connectivity index (χ3v) is 4.91. The Balaban J connectivity index is 1.56. The van der Waals surface area contributed by atoms with Crippen molar-refractivity contribution in [1.29, 1.82) is 0 Å². The number of benzene rings is 2. The van der Waals surface area contributed by atoms with Crippen LogP contribution in [0.3, 0.4) is 0 Å². The van der Waals surface area contributed by atoms with Crippen LogP contribution >= 0.6 is 11.6 Å². The third kappa shape index (κ3) is 3.80. The van der Waals surface area contributed by atoms with Gasteiger partial charge in [0.15, 0.2) is 6.61 Å². The Labute approximate surface area is 168 Å². The van der Waals surface area contributed by atoms with Crippen molar-refractivity contribution in [2.45, 2.75) is 19.4 Å². The molecule has 1 aliphatic heterocycles. The molecule has 142 valence electrons. The topological polar surface area (TPSA) is 55.0 Å². The number of para-hydroxylation sites is 1. The van der Waals surface area contributed by atoms with E-state index in [1.165, 1.54) is 5.01 Å². The van der Waals surface area contributed by atoms with Crippen molar-refractivity contribution < 1.29 is 13.9 Å². The van der Waals surface area contributed by atoms with Crippen LogP contribution in [0, 0.1) is 6.92 Å². The summed E-state index contributed by atoms with van der Waals surface area (Å²) in [5, 5.41) is 6.69. The summed E-state index contributed by atoms with van der Waals surface area (Å²) in [5.74, 6) is 1.15. The molecule has 0 saturated carbocycles. The van der Waals surface area contributed by atoms with Gasteiger partial charge >= 0.3 is 0 Å². The second-order valence-corrected chi connectivity index (χ2v) is 7.02. The molecule has 1 amide bonds. The van der Waals surface area contributed by atoms with Crippen molar-refractivity contribution in [2.24, 2.45) is 5.10 Å². The summed E-state index contributed by atoms with van der Waals surface area (Å²) in [6.45, 7) is 1.84. The zero-order valence-electron chi connectivity index (χ0n) is 15.3. The number of aryl methyl sites for hydroxylation is 1. The van der Waals surface area contributed by atoms with Crippen LogP contribution in [0.15, 0.2) is 76.4 Å². The normalized spacial score (nSPS) is 16.1. The SMILES string of the molecule is Cc1ccccc1OCC(=O)N1N=C(c2ccc(Cl)cc2)C[C@H]1c1ccco1. The first-order valence-electron chi connectivity index (χ1n) is 8.99. The van der Waals surface area contributed by atoms with E-state index < -0.39 is 0 Å². The Hall–Kier alpha value is -3.05. The molecule has 0 spiro atoms. The molecule has 0 fully saturated rings. The van der Waals surface area contributed by atoms with E-state index in [9.17, 15) is 4.79 Å². The average molecular weight is 395 g/mol. The third-order valence-electron chi connectivity index (χ3n) is 4.66. The fourth-order valence-corrected chi connectivity index (χ4v) is 3.31. The molecule has 1 aliphatic rings. The first-order valence-corrected chi connectivity index (χ1v) is 9.37. The van der Waals surface area contributed by atoms with Gasteiger partial charge in [0.05, 0.1) is 12.0 Å². The summed E-state index contributed by atoms with van der Waals surface area (Å²) in [5.41, 5.74) is 2.71. The highest BCUT2D eigenvalue weighted by atomic mass is 35.5. The van der Waals surface area contributed by atoms with Crippen LogP contribution in [-0.2, 0) is 4.79 Å². The number of hydrazone groups is 1. The van der Waals surface area contributed by atoms with Crippen LogP contribution in [0.4, 0.5) is 0 Å². The summed E-state index contributed by atoms with van der Waals surface area (Å²) >= 11 is 5.98. The number of carbonyl (C=O) groups excluding carboxylic acids is 1. The number of nitrogens with zero attached hydrogens (tertiary/aromatic N) is 2. The first-order chi connectivity index (χ1) is 13.6. The van der Waals surface area contributed by atoms with E-state index in [0.29, 0.717) is 23.0 Å². The number of halogens is 1. The molecule has 1 aromatic heterocycles. The molecule has 3 aromatic rings. The summed E-state index contributed by atoms with van der Waals surface area (Å²) < 4.78 is 11.3. The van der Waals surface area contributed by atoms with Gasteiger partial charge in [-0.3, -0.25) is 4.79 Å². The zero-order chi connectivity index (χ0) is 19.5. The number of hydrogen-bond acceptors (Lipinski definition) is 4. The molecule has 28 heavy (non-hydrogen) atoms. The fourth-order valence-electron chi connectivity index (χ4n) is 3.18. The lowest BCUT2D eigenvalue weighted by atomic mass is 10.0. The summed E-state index contributed by atoms with van der Waals surface area (Å²) in [4.78, 5) is 12.9. The van der Waals surface area contributed by atoms with Gasteiger partial charge in [-0.2, -0.15) is 5.10 Å². The summed E-state index contributed by atoms with van der Waals surface area (Å²) in [6.07, 6.45) is 2.16. The first kappa shape index (κ1) is 18.3. The number of amides is 1. The Morgan fingerprint density at radius 1 is 1.18 bits per heavy atom. The molecule has 0 aliphatic carbocycles. The monoisotopic (exact) mass is 394 g/mol. The summed E-state index contributed by atoms with van der Waals surface area (Å²) in [6, 6.07) is 18.4. The van der Waals surface area contributed by atoms with Gasteiger partial charge in [0.25, 0.3) is 5.91 Å². The van der Waals surface area contributed by atoms with Gasteiger partial charge in [-0.15, -0.1) is 0 Å². The Morgan fingerprint density at radius 3 is 2.68 bits per heavy atom. The van der Waals surface area contributed by atoms with E-state index in [4.69, 9.17) is 20.8 Å². The number of rotatable bonds is 5. The molecule has 4 rings (SSSR count). The zero-order valence-corrected chi connectivity index (χ0v) is 16.1. The van der Waals surface area contributed by atoms with Crippen LogP contribution in [0.2, 0.25) is 5.02 Å². The van der Waals surface area contributed by atoms with Gasteiger partial charge in [0.2, 0.25) is 0 Å². The predicted octanol–water partition coefficient (Wildman–Crippen LogP) is 5.00. The molecule has 6 heteroatoms.